The predicted molar refractivity (Wildman–Crippen MR) is 66.6 cm³/mol. The van der Waals surface area contributed by atoms with Gasteiger partial charge in [0.05, 0.1) is 5.75 Å². The zero-order valence-electron chi connectivity index (χ0n) is 10.3. The van der Waals surface area contributed by atoms with Gasteiger partial charge in [-0.1, -0.05) is 0 Å². The summed E-state index contributed by atoms with van der Waals surface area (Å²) < 4.78 is 22.0. The first-order valence-corrected chi connectivity index (χ1v) is 8.44. The van der Waals surface area contributed by atoms with E-state index in [0.29, 0.717) is 24.4 Å². The highest BCUT2D eigenvalue weighted by Crippen LogP contribution is 2.32. The minimum absolute atomic E-state index is 0.00363. The zero-order valence-corrected chi connectivity index (χ0v) is 11.1. The minimum atomic E-state index is -3.00. The van der Waals surface area contributed by atoms with Gasteiger partial charge in [-0.15, -0.1) is 0 Å². The average molecular weight is 259 g/mol. The number of carbonyl (C=O) groups excluding carboxylic acids is 1. The standard InChI is InChI=1S/C12H21NO3S/c1-17(15,16)5-4-12(14)8-9-6-10-2-3-11(7-9)13-10/h9-11,13H,2-8H2,1H3. The van der Waals surface area contributed by atoms with E-state index < -0.39 is 9.84 Å². The maximum absolute atomic E-state index is 11.7. The van der Waals surface area contributed by atoms with Crippen LogP contribution in [0.1, 0.15) is 38.5 Å². The lowest BCUT2D eigenvalue weighted by Gasteiger charge is -2.28. The number of carbonyl (C=O) groups is 1. The molecular weight excluding hydrogens is 238 g/mol. The summed E-state index contributed by atoms with van der Waals surface area (Å²) >= 11 is 0. The topological polar surface area (TPSA) is 63.2 Å². The minimum Gasteiger partial charge on any atom is -0.311 e. The Morgan fingerprint density at radius 2 is 1.82 bits per heavy atom. The van der Waals surface area contributed by atoms with Gasteiger partial charge < -0.3 is 5.32 Å². The highest BCUT2D eigenvalue weighted by molar-refractivity contribution is 7.90. The summed E-state index contributed by atoms with van der Waals surface area (Å²) in [6.45, 7) is 0. The molecule has 0 aromatic carbocycles. The van der Waals surface area contributed by atoms with Gasteiger partial charge in [-0.05, 0) is 31.6 Å². The molecule has 2 aliphatic heterocycles. The molecule has 0 aromatic rings. The summed E-state index contributed by atoms with van der Waals surface area (Å²) in [6.07, 6.45) is 6.59. The summed E-state index contributed by atoms with van der Waals surface area (Å²) in [7, 11) is -3.00. The van der Waals surface area contributed by atoms with Crippen molar-refractivity contribution in [2.24, 2.45) is 5.92 Å². The van der Waals surface area contributed by atoms with Crippen molar-refractivity contribution in [1.29, 1.82) is 0 Å². The molecule has 0 aliphatic carbocycles. The van der Waals surface area contributed by atoms with E-state index in [1.54, 1.807) is 0 Å². The van der Waals surface area contributed by atoms with Crippen molar-refractivity contribution in [1.82, 2.24) is 5.32 Å². The van der Waals surface area contributed by atoms with Crippen molar-refractivity contribution in [3.63, 3.8) is 0 Å². The van der Waals surface area contributed by atoms with Crippen molar-refractivity contribution in [2.45, 2.75) is 50.6 Å². The molecule has 2 heterocycles. The average Bonchev–Trinajstić information content (AvgIpc) is 2.54. The molecule has 98 valence electrons. The summed E-state index contributed by atoms with van der Waals surface area (Å²) in [5.41, 5.74) is 0. The van der Waals surface area contributed by atoms with Gasteiger partial charge in [-0.3, -0.25) is 4.79 Å². The molecule has 0 radical (unpaired) electrons. The van der Waals surface area contributed by atoms with E-state index in [2.05, 4.69) is 5.32 Å². The molecule has 2 rings (SSSR count). The molecule has 2 unspecified atom stereocenters. The van der Waals surface area contributed by atoms with Gasteiger partial charge >= 0.3 is 0 Å². The molecule has 2 aliphatic rings. The van der Waals surface area contributed by atoms with Gasteiger partial charge in [0.1, 0.15) is 15.6 Å². The van der Waals surface area contributed by atoms with Crippen LogP contribution >= 0.6 is 0 Å². The Labute approximate surface area is 103 Å². The third kappa shape index (κ3) is 4.07. The van der Waals surface area contributed by atoms with Gasteiger partial charge in [-0.2, -0.15) is 0 Å². The van der Waals surface area contributed by atoms with Crippen molar-refractivity contribution in [3.8, 4) is 0 Å². The molecule has 2 saturated heterocycles. The van der Waals surface area contributed by atoms with Crippen molar-refractivity contribution >= 4 is 15.6 Å². The Bertz CT molecular complexity index is 379. The number of rotatable bonds is 5. The number of hydrogen-bond acceptors (Lipinski definition) is 4. The van der Waals surface area contributed by atoms with Crippen LogP contribution in [0.25, 0.3) is 0 Å². The maximum atomic E-state index is 11.7. The number of ketones is 1. The van der Waals surface area contributed by atoms with E-state index in [9.17, 15) is 13.2 Å². The van der Waals surface area contributed by atoms with E-state index in [0.717, 1.165) is 12.8 Å². The maximum Gasteiger partial charge on any atom is 0.147 e. The second-order valence-corrected chi connectivity index (χ2v) is 7.86. The van der Waals surface area contributed by atoms with Crippen molar-refractivity contribution in [3.05, 3.63) is 0 Å². The van der Waals surface area contributed by atoms with E-state index >= 15 is 0 Å². The van der Waals surface area contributed by atoms with Crippen molar-refractivity contribution in [2.75, 3.05) is 12.0 Å². The van der Waals surface area contributed by atoms with E-state index in [-0.39, 0.29) is 18.0 Å². The van der Waals surface area contributed by atoms with Crippen LogP contribution in [0.5, 0.6) is 0 Å². The molecule has 2 fully saturated rings. The van der Waals surface area contributed by atoms with Crippen LogP contribution in [0, 0.1) is 5.92 Å². The second-order valence-electron chi connectivity index (χ2n) is 5.60. The number of sulfone groups is 1. The predicted octanol–water partition coefficient (Wildman–Crippen LogP) is 0.911. The third-order valence-corrected chi connectivity index (χ3v) is 4.78. The Morgan fingerprint density at radius 3 is 2.35 bits per heavy atom. The normalized spacial score (nSPS) is 32.6. The van der Waals surface area contributed by atoms with Gasteiger partial charge in [0, 0.05) is 31.2 Å². The number of Topliss-reactive ketones (excluding diaryl/α,β-unsaturated/α-hetero) is 1. The Balaban J connectivity index is 1.75. The molecule has 4 nitrogen and oxygen atoms in total. The molecule has 1 N–H and O–H groups in total. The highest BCUT2D eigenvalue weighted by Gasteiger charge is 2.33. The molecule has 0 spiro atoms. The monoisotopic (exact) mass is 259 g/mol. The first kappa shape index (κ1) is 13.0. The second kappa shape index (κ2) is 5.06. The first-order valence-electron chi connectivity index (χ1n) is 6.38. The lowest BCUT2D eigenvalue weighted by molar-refractivity contribution is -0.119. The van der Waals surface area contributed by atoms with Gasteiger partial charge in [0.2, 0.25) is 0 Å². The summed E-state index contributed by atoms with van der Waals surface area (Å²) in [5.74, 6) is 0.589. The molecule has 0 aromatic heterocycles. The Kier molecular flexibility index (Phi) is 3.88. The number of nitrogens with one attached hydrogen (secondary N) is 1. The van der Waals surface area contributed by atoms with Crippen molar-refractivity contribution < 1.29 is 13.2 Å². The molecule has 2 atom stereocenters. The number of piperidine rings is 1. The molecule has 0 saturated carbocycles. The van der Waals surface area contributed by atoms with Crippen LogP contribution in [0.15, 0.2) is 0 Å². The quantitative estimate of drug-likeness (QED) is 0.797. The first-order chi connectivity index (χ1) is 7.92. The van der Waals surface area contributed by atoms with Gasteiger partial charge in [-0.25, -0.2) is 8.42 Å². The van der Waals surface area contributed by atoms with Crippen LogP contribution in [0.4, 0.5) is 0 Å². The third-order valence-electron chi connectivity index (χ3n) is 3.84. The lowest BCUT2D eigenvalue weighted by atomic mass is 9.88. The molecule has 2 bridgehead atoms. The molecule has 17 heavy (non-hydrogen) atoms. The van der Waals surface area contributed by atoms with E-state index in [1.165, 1.54) is 19.1 Å². The van der Waals surface area contributed by atoms with Gasteiger partial charge in [0.25, 0.3) is 0 Å². The summed E-state index contributed by atoms with van der Waals surface area (Å²) in [4.78, 5) is 11.7. The highest BCUT2D eigenvalue weighted by atomic mass is 32.2. The Morgan fingerprint density at radius 1 is 1.24 bits per heavy atom. The van der Waals surface area contributed by atoms with Crippen LogP contribution in [-0.2, 0) is 14.6 Å². The lowest BCUT2D eigenvalue weighted by Crippen LogP contribution is -2.38. The van der Waals surface area contributed by atoms with Crippen LogP contribution in [0.3, 0.4) is 0 Å². The van der Waals surface area contributed by atoms with Crippen LogP contribution in [-0.4, -0.2) is 38.3 Å². The zero-order chi connectivity index (χ0) is 12.5. The van der Waals surface area contributed by atoms with Crippen LogP contribution < -0.4 is 5.32 Å². The fraction of sp³-hybridized carbons (Fsp3) is 0.917. The molecular formula is C12H21NO3S. The SMILES string of the molecule is CS(=O)(=O)CCC(=O)CC1CC2CCC(C1)N2. The smallest absolute Gasteiger partial charge is 0.147 e. The largest absolute Gasteiger partial charge is 0.311 e. The van der Waals surface area contributed by atoms with Crippen LogP contribution in [0.2, 0.25) is 0 Å². The Hall–Kier alpha value is -0.420. The number of hydrogen-bond donors (Lipinski definition) is 1. The summed E-state index contributed by atoms with van der Waals surface area (Å²) in [5, 5.41) is 3.54. The van der Waals surface area contributed by atoms with Gasteiger partial charge in [0.15, 0.2) is 0 Å². The number of fused-ring (bicyclic) bond motifs is 2. The van der Waals surface area contributed by atoms with E-state index in [1.807, 2.05) is 0 Å². The fourth-order valence-corrected chi connectivity index (χ4v) is 3.66. The molecule has 0 amide bonds. The van der Waals surface area contributed by atoms with E-state index in [4.69, 9.17) is 0 Å². The fourth-order valence-electron chi connectivity index (χ4n) is 3.07. The molecule has 5 heteroatoms. The summed E-state index contributed by atoms with van der Waals surface area (Å²) in [6, 6.07) is 1.20.